The number of aryl methyl sites for hydroxylation is 1. The van der Waals surface area contributed by atoms with Crippen molar-refractivity contribution in [3.63, 3.8) is 0 Å². The Hall–Kier alpha value is -1.89. The van der Waals surface area contributed by atoms with E-state index < -0.39 is 0 Å². The van der Waals surface area contributed by atoms with Crippen molar-refractivity contribution in [1.82, 2.24) is 14.5 Å². The van der Waals surface area contributed by atoms with Crippen molar-refractivity contribution < 1.29 is 9.53 Å². The molecule has 8 heteroatoms. The van der Waals surface area contributed by atoms with Crippen molar-refractivity contribution in [1.29, 1.82) is 0 Å². The van der Waals surface area contributed by atoms with E-state index in [2.05, 4.69) is 4.98 Å². The fourth-order valence-corrected chi connectivity index (χ4v) is 3.13. The molecule has 1 saturated heterocycles. The zero-order chi connectivity index (χ0) is 18.7. The van der Waals surface area contributed by atoms with Crippen LogP contribution in [0.1, 0.15) is 28.9 Å². The van der Waals surface area contributed by atoms with Gasteiger partial charge in [0.15, 0.2) is 0 Å². The minimum absolute atomic E-state index is 0.0742. The van der Waals surface area contributed by atoms with E-state index >= 15 is 0 Å². The van der Waals surface area contributed by atoms with E-state index in [1.807, 2.05) is 6.07 Å². The van der Waals surface area contributed by atoms with Crippen molar-refractivity contribution in [2.45, 2.75) is 25.6 Å². The van der Waals surface area contributed by atoms with Gasteiger partial charge in [0, 0.05) is 26.2 Å². The summed E-state index contributed by atoms with van der Waals surface area (Å²) in [6, 6.07) is 6.70. The first-order valence-electron chi connectivity index (χ1n) is 8.31. The molecule has 0 spiro atoms. The number of nitrogens with zero attached hydrogens (tertiary/aromatic N) is 3. The van der Waals surface area contributed by atoms with Gasteiger partial charge < -0.3 is 14.2 Å². The van der Waals surface area contributed by atoms with Crippen molar-refractivity contribution in [3.8, 4) is 0 Å². The number of hydrogen-bond acceptors (Lipinski definition) is 4. The Bertz CT molecular complexity index is 861. The largest absolute Gasteiger partial charge is 0.373 e. The molecule has 0 N–H and O–H groups in total. The van der Waals surface area contributed by atoms with Crippen LogP contribution < -0.4 is 5.56 Å². The summed E-state index contributed by atoms with van der Waals surface area (Å²) in [6.07, 6.45) is 2.91. The smallest absolute Gasteiger partial charge is 0.272 e. The fourth-order valence-electron chi connectivity index (χ4n) is 2.81. The highest BCUT2D eigenvalue weighted by Gasteiger charge is 2.25. The summed E-state index contributed by atoms with van der Waals surface area (Å²) in [6.45, 7) is 1.59. The first-order valence-corrected chi connectivity index (χ1v) is 9.07. The predicted octanol–water partition coefficient (Wildman–Crippen LogP) is 2.91. The standard InChI is InChI=1S/C18H19Cl2N3O3/c1-22-11-21-16(9-17(22)24)18(25)23-6-4-13(5-7-23)26-10-12-2-3-14(19)15(20)8-12/h2-3,8-9,11,13H,4-7,10H2,1H3. The number of carbonyl (C=O) groups excluding carboxylic acids is 1. The van der Waals surface area contributed by atoms with Gasteiger partial charge in [-0.25, -0.2) is 4.98 Å². The Balaban J connectivity index is 1.52. The molecule has 0 radical (unpaired) electrons. The first kappa shape index (κ1) is 18.9. The molecule has 0 aliphatic carbocycles. The maximum atomic E-state index is 12.5. The zero-order valence-electron chi connectivity index (χ0n) is 14.3. The minimum Gasteiger partial charge on any atom is -0.373 e. The third-order valence-electron chi connectivity index (χ3n) is 4.40. The third kappa shape index (κ3) is 4.44. The van der Waals surface area contributed by atoms with Crippen LogP contribution in [0.3, 0.4) is 0 Å². The number of likely N-dealkylation sites (tertiary alicyclic amines) is 1. The molecule has 1 aromatic carbocycles. The molecule has 2 heterocycles. The summed E-state index contributed by atoms with van der Waals surface area (Å²) in [4.78, 5) is 29.9. The number of aromatic nitrogens is 2. The van der Waals surface area contributed by atoms with Crippen LogP contribution in [0.25, 0.3) is 0 Å². The van der Waals surface area contributed by atoms with E-state index in [9.17, 15) is 9.59 Å². The Morgan fingerprint density at radius 2 is 1.96 bits per heavy atom. The molecule has 2 aromatic rings. The lowest BCUT2D eigenvalue weighted by Crippen LogP contribution is -2.41. The molecule has 0 saturated carbocycles. The van der Waals surface area contributed by atoms with Crippen molar-refractivity contribution >= 4 is 29.1 Å². The second-order valence-corrected chi connectivity index (χ2v) is 7.09. The predicted molar refractivity (Wildman–Crippen MR) is 99.7 cm³/mol. The van der Waals surface area contributed by atoms with Crippen molar-refractivity contribution in [2.75, 3.05) is 13.1 Å². The SMILES string of the molecule is Cn1cnc(C(=O)N2CCC(OCc3ccc(Cl)c(Cl)c3)CC2)cc1=O. The quantitative estimate of drug-likeness (QED) is 0.797. The second-order valence-electron chi connectivity index (χ2n) is 6.27. The van der Waals surface area contributed by atoms with Gasteiger partial charge in [0.25, 0.3) is 11.5 Å². The lowest BCUT2D eigenvalue weighted by atomic mass is 10.1. The monoisotopic (exact) mass is 395 g/mol. The molecular weight excluding hydrogens is 377 g/mol. The molecule has 1 aromatic heterocycles. The number of carbonyl (C=O) groups is 1. The van der Waals surface area contributed by atoms with Crippen LogP contribution in [-0.4, -0.2) is 39.6 Å². The van der Waals surface area contributed by atoms with E-state index in [0.29, 0.717) is 29.7 Å². The molecule has 26 heavy (non-hydrogen) atoms. The van der Waals surface area contributed by atoms with E-state index in [1.54, 1.807) is 24.1 Å². The number of rotatable bonds is 4. The summed E-state index contributed by atoms with van der Waals surface area (Å²) in [7, 11) is 1.60. The summed E-state index contributed by atoms with van der Waals surface area (Å²) in [5.41, 5.74) is 0.897. The van der Waals surface area contributed by atoms with Gasteiger partial charge in [-0.3, -0.25) is 9.59 Å². The molecule has 6 nitrogen and oxygen atoms in total. The van der Waals surface area contributed by atoms with Crippen LogP contribution in [0, 0.1) is 0 Å². The molecule has 3 rings (SSSR count). The van der Waals surface area contributed by atoms with Gasteiger partial charge in [-0.2, -0.15) is 0 Å². The van der Waals surface area contributed by atoms with Crippen molar-refractivity contribution in [2.24, 2.45) is 7.05 Å². The molecule has 138 valence electrons. The van der Waals surface area contributed by atoms with Crippen LogP contribution in [0.5, 0.6) is 0 Å². The number of amides is 1. The van der Waals surface area contributed by atoms with Crippen LogP contribution in [0.15, 0.2) is 35.4 Å². The highest BCUT2D eigenvalue weighted by atomic mass is 35.5. The number of halogens is 2. The van der Waals surface area contributed by atoms with Gasteiger partial charge in [0.05, 0.1) is 29.1 Å². The van der Waals surface area contributed by atoms with Gasteiger partial charge in [0.1, 0.15) is 5.69 Å². The van der Waals surface area contributed by atoms with Gasteiger partial charge in [-0.15, -0.1) is 0 Å². The number of hydrogen-bond donors (Lipinski definition) is 0. The van der Waals surface area contributed by atoms with Gasteiger partial charge in [-0.1, -0.05) is 29.3 Å². The normalized spacial score (nSPS) is 15.3. The highest BCUT2D eigenvalue weighted by molar-refractivity contribution is 6.42. The minimum atomic E-state index is -0.247. The zero-order valence-corrected chi connectivity index (χ0v) is 15.8. The maximum absolute atomic E-state index is 12.5. The highest BCUT2D eigenvalue weighted by Crippen LogP contribution is 2.24. The van der Waals surface area contributed by atoms with Gasteiger partial charge >= 0.3 is 0 Å². The number of piperidine rings is 1. The van der Waals surface area contributed by atoms with Crippen molar-refractivity contribution in [3.05, 3.63) is 62.2 Å². The Labute approximate surface area is 161 Å². The van der Waals surface area contributed by atoms with Gasteiger partial charge in [-0.05, 0) is 30.5 Å². The molecule has 1 amide bonds. The van der Waals surface area contributed by atoms with Crippen LogP contribution in [0.2, 0.25) is 10.0 Å². The van der Waals surface area contributed by atoms with Crippen LogP contribution >= 0.6 is 23.2 Å². The Kier molecular flexibility index (Phi) is 5.96. The Morgan fingerprint density at radius 3 is 2.62 bits per heavy atom. The lowest BCUT2D eigenvalue weighted by Gasteiger charge is -2.31. The van der Waals surface area contributed by atoms with E-state index in [0.717, 1.165) is 18.4 Å². The number of benzene rings is 1. The molecule has 1 aliphatic heterocycles. The topological polar surface area (TPSA) is 64.4 Å². The molecule has 1 fully saturated rings. The summed E-state index contributed by atoms with van der Waals surface area (Å²) in [5, 5.41) is 1.03. The average molecular weight is 396 g/mol. The molecule has 0 bridgehead atoms. The van der Waals surface area contributed by atoms with E-state index in [4.69, 9.17) is 27.9 Å². The number of ether oxygens (including phenoxy) is 1. The summed E-state index contributed by atoms with van der Waals surface area (Å²) in [5.74, 6) is -0.217. The third-order valence-corrected chi connectivity index (χ3v) is 5.13. The fraction of sp³-hybridized carbons (Fsp3) is 0.389. The van der Waals surface area contributed by atoms with E-state index in [1.165, 1.54) is 17.0 Å². The van der Waals surface area contributed by atoms with Crippen LogP contribution in [0.4, 0.5) is 0 Å². The average Bonchev–Trinajstić information content (AvgIpc) is 2.65. The van der Waals surface area contributed by atoms with Crippen LogP contribution in [-0.2, 0) is 18.4 Å². The summed E-state index contributed by atoms with van der Waals surface area (Å²) >= 11 is 11.9. The van der Waals surface area contributed by atoms with Gasteiger partial charge in [0.2, 0.25) is 0 Å². The van der Waals surface area contributed by atoms with E-state index in [-0.39, 0.29) is 23.3 Å². The molecule has 0 atom stereocenters. The summed E-state index contributed by atoms with van der Waals surface area (Å²) < 4.78 is 7.26. The Morgan fingerprint density at radius 1 is 1.23 bits per heavy atom. The molecule has 1 aliphatic rings. The first-order chi connectivity index (χ1) is 12.4. The maximum Gasteiger partial charge on any atom is 0.272 e. The second kappa shape index (κ2) is 8.20. The molecule has 0 unspecified atom stereocenters. The molecular formula is C18H19Cl2N3O3. The lowest BCUT2D eigenvalue weighted by molar-refractivity contribution is -0.000517.